The largest absolute Gasteiger partial charge is 0.369 e. The third kappa shape index (κ3) is 2.00. The van der Waals surface area contributed by atoms with Gasteiger partial charge in [-0.15, -0.1) is 11.3 Å². The molecule has 1 atom stereocenters. The zero-order chi connectivity index (χ0) is 14.6. The minimum Gasteiger partial charge on any atom is -0.369 e. The molecule has 1 aliphatic rings. The lowest BCUT2D eigenvalue weighted by Gasteiger charge is -2.25. The van der Waals surface area contributed by atoms with Crippen molar-refractivity contribution in [2.45, 2.75) is 25.3 Å². The Kier molecular flexibility index (Phi) is 3.04. The molecule has 21 heavy (non-hydrogen) atoms. The molecule has 4 rings (SSSR count). The smallest absolute Gasteiger partial charge is 0.201 e. The van der Waals surface area contributed by atoms with E-state index in [0.29, 0.717) is 10.4 Å². The molecule has 2 aromatic heterocycles. The number of aromatic nitrogens is 2. The highest BCUT2D eigenvalue weighted by Gasteiger charge is 2.26. The maximum atomic E-state index is 13.9. The van der Waals surface area contributed by atoms with E-state index in [-0.39, 0.29) is 11.9 Å². The van der Waals surface area contributed by atoms with Crippen molar-refractivity contribution in [2.24, 2.45) is 0 Å². The molecule has 0 amide bonds. The number of fused-ring (bicyclic) bond motifs is 2. The van der Waals surface area contributed by atoms with Gasteiger partial charge in [-0.1, -0.05) is 0 Å². The van der Waals surface area contributed by atoms with E-state index in [4.69, 9.17) is 5.73 Å². The first-order valence-electron chi connectivity index (χ1n) is 6.84. The molecule has 6 heteroatoms. The molecule has 3 aromatic rings. The second kappa shape index (κ2) is 4.81. The second-order valence-corrected chi connectivity index (χ2v) is 7.16. The molecule has 0 bridgehead atoms. The summed E-state index contributed by atoms with van der Waals surface area (Å²) in [6.07, 6.45) is 3.25. The lowest BCUT2D eigenvalue weighted by molar-refractivity contribution is 0.509. The number of aryl methyl sites for hydroxylation is 1. The van der Waals surface area contributed by atoms with Gasteiger partial charge in [0.05, 0.1) is 21.5 Å². The number of hydrogen-bond acceptors (Lipinski definition) is 3. The van der Waals surface area contributed by atoms with E-state index in [0.717, 1.165) is 30.3 Å². The molecule has 2 N–H and O–H groups in total. The molecule has 0 saturated carbocycles. The zero-order valence-corrected chi connectivity index (χ0v) is 13.5. The van der Waals surface area contributed by atoms with E-state index in [1.165, 1.54) is 16.5 Å². The number of hydrogen-bond donors (Lipinski definition) is 1. The molecule has 1 aromatic carbocycles. The molecular formula is C15H13BrFN3S. The van der Waals surface area contributed by atoms with Crippen LogP contribution in [0.3, 0.4) is 0 Å². The summed E-state index contributed by atoms with van der Waals surface area (Å²) < 4.78 is 16.3. The van der Waals surface area contributed by atoms with Crippen LogP contribution in [0.25, 0.3) is 11.0 Å². The molecular weight excluding hydrogens is 353 g/mol. The second-order valence-electron chi connectivity index (χ2n) is 5.30. The highest BCUT2D eigenvalue weighted by atomic mass is 79.9. The summed E-state index contributed by atoms with van der Waals surface area (Å²) in [5.41, 5.74) is 8.92. The predicted molar refractivity (Wildman–Crippen MR) is 87.2 cm³/mol. The lowest BCUT2D eigenvalue weighted by Crippen LogP contribution is -2.17. The Morgan fingerprint density at radius 2 is 2.29 bits per heavy atom. The van der Waals surface area contributed by atoms with Crippen LogP contribution in [0.15, 0.2) is 28.1 Å². The van der Waals surface area contributed by atoms with Crippen molar-refractivity contribution in [2.75, 3.05) is 5.73 Å². The fraction of sp³-hybridized carbons (Fsp3) is 0.267. The summed E-state index contributed by atoms with van der Waals surface area (Å²) in [7, 11) is 0. The van der Waals surface area contributed by atoms with E-state index < -0.39 is 0 Å². The van der Waals surface area contributed by atoms with Gasteiger partial charge in [0.2, 0.25) is 5.95 Å². The molecule has 1 unspecified atom stereocenters. The number of imidazole rings is 1. The Balaban J connectivity index is 1.96. The van der Waals surface area contributed by atoms with Crippen LogP contribution in [0.5, 0.6) is 0 Å². The van der Waals surface area contributed by atoms with Crippen molar-refractivity contribution in [1.29, 1.82) is 0 Å². The van der Waals surface area contributed by atoms with Crippen LogP contribution in [-0.2, 0) is 6.42 Å². The number of thiophene rings is 1. The SMILES string of the molecule is Nc1nc2cc(Br)c(F)cc2n1C1CCCc2sccc21. The van der Waals surface area contributed by atoms with Gasteiger partial charge in [-0.2, -0.15) is 0 Å². The maximum absolute atomic E-state index is 13.9. The Morgan fingerprint density at radius 1 is 1.43 bits per heavy atom. The third-order valence-corrected chi connectivity index (χ3v) is 5.69. The minimum absolute atomic E-state index is 0.158. The summed E-state index contributed by atoms with van der Waals surface area (Å²) >= 11 is 4.99. The summed E-state index contributed by atoms with van der Waals surface area (Å²) in [5.74, 6) is 0.163. The first kappa shape index (κ1) is 13.3. The van der Waals surface area contributed by atoms with E-state index in [1.807, 2.05) is 4.57 Å². The van der Waals surface area contributed by atoms with E-state index in [9.17, 15) is 4.39 Å². The van der Waals surface area contributed by atoms with Gasteiger partial charge in [0.15, 0.2) is 0 Å². The normalized spacial score (nSPS) is 18.1. The van der Waals surface area contributed by atoms with Crippen LogP contribution in [-0.4, -0.2) is 9.55 Å². The lowest BCUT2D eigenvalue weighted by atomic mass is 9.93. The Morgan fingerprint density at radius 3 is 3.14 bits per heavy atom. The van der Waals surface area contributed by atoms with Gasteiger partial charge >= 0.3 is 0 Å². The van der Waals surface area contributed by atoms with Gasteiger partial charge in [0.1, 0.15) is 5.82 Å². The van der Waals surface area contributed by atoms with E-state index in [2.05, 4.69) is 32.4 Å². The molecule has 1 aliphatic carbocycles. The van der Waals surface area contributed by atoms with Gasteiger partial charge in [-0.25, -0.2) is 9.37 Å². The average Bonchev–Trinajstić information content (AvgIpc) is 3.03. The van der Waals surface area contributed by atoms with Crippen molar-refractivity contribution in [3.63, 3.8) is 0 Å². The first-order chi connectivity index (χ1) is 10.1. The number of nitrogens with two attached hydrogens (primary N) is 1. The molecule has 0 saturated heterocycles. The monoisotopic (exact) mass is 365 g/mol. The van der Waals surface area contributed by atoms with Gasteiger partial charge in [0.25, 0.3) is 0 Å². The zero-order valence-electron chi connectivity index (χ0n) is 11.1. The standard InChI is InChI=1S/C15H13BrFN3S/c16-9-6-11-13(7-10(9)17)20(15(18)19-11)12-2-1-3-14-8(12)4-5-21-14/h4-7,12H,1-3H2,(H2,18,19). The molecule has 2 heterocycles. The van der Waals surface area contributed by atoms with Crippen molar-refractivity contribution in [1.82, 2.24) is 9.55 Å². The number of nitrogens with zero attached hydrogens (tertiary/aromatic N) is 2. The molecule has 3 nitrogen and oxygen atoms in total. The van der Waals surface area contributed by atoms with Crippen molar-refractivity contribution < 1.29 is 4.39 Å². The van der Waals surface area contributed by atoms with Crippen molar-refractivity contribution in [3.8, 4) is 0 Å². The van der Waals surface area contributed by atoms with Crippen LogP contribution in [0, 0.1) is 5.82 Å². The minimum atomic E-state index is -0.287. The predicted octanol–water partition coefficient (Wildman–Crippen LogP) is 4.51. The van der Waals surface area contributed by atoms with Crippen LogP contribution in [0.4, 0.5) is 10.3 Å². The van der Waals surface area contributed by atoms with Crippen LogP contribution in [0.1, 0.15) is 29.3 Å². The van der Waals surface area contributed by atoms with E-state index in [1.54, 1.807) is 17.4 Å². The highest BCUT2D eigenvalue weighted by Crippen LogP contribution is 2.39. The number of nitrogen functional groups attached to an aromatic ring is 1. The van der Waals surface area contributed by atoms with Gasteiger partial charge in [-0.05, 0) is 58.3 Å². The molecule has 108 valence electrons. The Hall–Kier alpha value is -1.40. The quantitative estimate of drug-likeness (QED) is 0.689. The number of rotatable bonds is 1. The van der Waals surface area contributed by atoms with Gasteiger partial charge < -0.3 is 10.3 Å². The summed E-state index contributed by atoms with van der Waals surface area (Å²) in [5, 5.41) is 2.12. The Bertz CT molecular complexity index is 839. The fourth-order valence-electron chi connectivity index (χ4n) is 3.17. The number of benzene rings is 1. The Labute approximate surface area is 133 Å². The van der Waals surface area contributed by atoms with Crippen molar-refractivity contribution >= 4 is 44.2 Å². The van der Waals surface area contributed by atoms with Gasteiger partial charge in [-0.3, -0.25) is 0 Å². The van der Waals surface area contributed by atoms with E-state index >= 15 is 0 Å². The average molecular weight is 366 g/mol. The van der Waals surface area contributed by atoms with Gasteiger partial charge in [0, 0.05) is 10.9 Å². The summed E-state index contributed by atoms with van der Waals surface area (Å²) in [6, 6.07) is 5.52. The van der Waals surface area contributed by atoms with Crippen LogP contribution in [0.2, 0.25) is 0 Å². The van der Waals surface area contributed by atoms with Crippen molar-refractivity contribution in [3.05, 3.63) is 44.3 Å². The third-order valence-electron chi connectivity index (χ3n) is 4.09. The fourth-order valence-corrected chi connectivity index (χ4v) is 4.48. The molecule has 0 fully saturated rings. The number of halogens is 2. The molecule has 0 radical (unpaired) electrons. The van der Waals surface area contributed by atoms with Crippen LogP contribution < -0.4 is 5.73 Å². The first-order valence-corrected chi connectivity index (χ1v) is 8.51. The molecule has 0 aliphatic heterocycles. The van der Waals surface area contributed by atoms with Crippen LogP contribution >= 0.6 is 27.3 Å². The summed E-state index contributed by atoms with van der Waals surface area (Å²) in [6.45, 7) is 0. The summed E-state index contributed by atoms with van der Waals surface area (Å²) in [4.78, 5) is 5.80. The number of anilines is 1. The molecule has 0 spiro atoms. The highest BCUT2D eigenvalue weighted by molar-refractivity contribution is 9.10. The topological polar surface area (TPSA) is 43.8 Å². The maximum Gasteiger partial charge on any atom is 0.201 e.